The van der Waals surface area contributed by atoms with Crippen molar-refractivity contribution in [3.63, 3.8) is 0 Å². The van der Waals surface area contributed by atoms with E-state index in [2.05, 4.69) is 0 Å². The first-order valence-electron chi connectivity index (χ1n) is 9.85. The zero-order chi connectivity index (χ0) is 23.6. The van der Waals surface area contributed by atoms with Crippen LogP contribution in [-0.2, 0) is 13.7 Å². The second-order valence-electron chi connectivity index (χ2n) is 7.22. The zero-order valence-corrected chi connectivity index (χ0v) is 19.0. The third kappa shape index (κ3) is 4.42. The molecule has 0 bridgehead atoms. The van der Waals surface area contributed by atoms with Gasteiger partial charge in [0.1, 0.15) is 17.5 Å². The van der Waals surface area contributed by atoms with Gasteiger partial charge in [0.05, 0.1) is 9.79 Å². The maximum atomic E-state index is 15.3. The van der Waals surface area contributed by atoms with Crippen LogP contribution in [-0.4, -0.2) is 8.42 Å². The second kappa shape index (κ2) is 9.05. The smallest absolute Gasteiger partial charge is 0.207 e. The molecule has 8 heteroatoms. The molecule has 0 aliphatic carbocycles. The standard InChI is InChI=1S/C25H19F3O3S2/c1-18-12-14-22(15-13-18)33(29,30)31-32(20-8-4-2-5-9-20,21-10-6-3-7-11-21)25-23(27)16-19(26)17-24(25)28/h2-17H,1H3. The summed E-state index contributed by atoms with van der Waals surface area (Å²) in [5.41, 5.74) is 0.828. The highest BCUT2D eigenvalue weighted by Gasteiger charge is 2.42. The summed E-state index contributed by atoms with van der Waals surface area (Å²) in [6.45, 7) is 1.80. The van der Waals surface area contributed by atoms with Crippen molar-refractivity contribution in [3.05, 3.63) is 120 Å². The van der Waals surface area contributed by atoms with Crippen LogP contribution in [0.5, 0.6) is 0 Å². The van der Waals surface area contributed by atoms with Gasteiger partial charge in [-0.3, -0.25) is 0 Å². The molecule has 33 heavy (non-hydrogen) atoms. The fraction of sp³-hybridized carbons (Fsp3) is 0.0400. The van der Waals surface area contributed by atoms with E-state index in [0.717, 1.165) is 5.56 Å². The molecule has 0 fully saturated rings. The number of rotatable bonds is 6. The molecule has 0 saturated carbocycles. The van der Waals surface area contributed by atoms with Gasteiger partial charge in [-0.2, -0.15) is 8.42 Å². The fourth-order valence-electron chi connectivity index (χ4n) is 3.39. The van der Waals surface area contributed by atoms with Crippen molar-refractivity contribution in [2.75, 3.05) is 0 Å². The molecule has 0 unspecified atom stereocenters. The number of halogens is 3. The molecule has 0 radical (unpaired) electrons. The summed E-state index contributed by atoms with van der Waals surface area (Å²) in [5, 5.41) is 0. The Kier molecular flexibility index (Phi) is 6.34. The van der Waals surface area contributed by atoms with Gasteiger partial charge in [0.15, 0.2) is 0 Å². The normalized spacial score (nSPS) is 12.5. The first-order valence-corrected chi connectivity index (χ1v) is 12.8. The van der Waals surface area contributed by atoms with Crippen molar-refractivity contribution in [2.45, 2.75) is 26.5 Å². The van der Waals surface area contributed by atoms with Gasteiger partial charge < -0.3 is 0 Å². The maximum absolute atomic E-state index is 15.3. The van der Waals surface area contributed by atoms with E-state index in [1.54, 1.807) is 55.5 Å². The summed E-state index contributed by atoms with van der Waals surface area (Å²) in [6, 6.07) is 22.9. The average molecular weight is 489 g/mol. The van der Waals surface area contributed by atoms with Gasteiger partial charge >= 0.3 is 10.1 Å². The number of hydrogen-bond donors (Lipinski definition) is 0. The Morgan fingerprint density at radius 2 is 1.09 bits per heavy atom. The molecule has 170 valence electrons. The Labute approximate surface area is 192 Å². The number of benzene rings is 4. The predicted octanol–water partition coefficient (Wildman–Crippen LogP) is 7.01. The monoisotopic (exact) mass is 488 g/mol. The summed E-state index contributed by atoms with van der Waals surface area (Å²) in [5.74, 6) is -3.60. The second-order valence-corrected chi connectivity index (χ2v) is 11.6. The molecule has 0 aliphatic heterocycles. The van der Waals surface area contributed by atoms with E-state index in [9.17, 15) is 12.8 Å². The number of aryl methyl sites for hydroxylation is 1. The highest BCUT2D eigenvalue weighted by Crippen LogP contribution is 2.71. The van der Waals surface area contributed by atoms with Crippen LogP contribution >= 0.6 is 10.3 Å². The van der Waals surface area contributed by atoms with Crippen LogP contribution < -0.4 is 0 Å². The van der Waals surface area contributed by atoms with E-state index in [0.29, 0.717) is 12.1 Å². The highest BCUT2D eigenvalue weighted by atomic mass is 32.3. The van der Waals surface area contributed by atoms with Gasteiger partial charge in [-0.1, -0.05) is 54.1 Å². The first kappa shape index (κ1) is 23.1. The third-order valence-electron chi connectivity index (χ3n) is 4.90. The maximum Gasteiger partial charge on any atom is 0.307 e. The molecule has 0 saturated heterocycles. The predicted molar refractivity (Wildman–Crippen MR) is 121 cm³/mol. The first-order chi connectivity index (χ1) is 15.7. The molecule has 0 heterocycles. The Hall–Kier alpha value is -3.07. The molecule has 3 nitrogen and oxygen atoms in total. The summed E-state index contributed by atoms with van der Waals surface area (Å²) in [7, 11) is -8.04. The van der Waals surface area contributed by atoms with Crippen molar-refractivity contribution in [3.8, 4) is 0 Å². The van der Waals surface area contributed by atoms with Gasteiger partial charge in [0.2, 0.25) is 0 Å². The summed E-state index contributed by atoms with van der Waals surface area (Å²) >= 11 is 0. The molecule has 4 rings (SSSR count). The van der Waals surface area contributed by atoms with Crippen molar-refractivity contribution < 1.29 is 25.2 Å². The lowest BCUT2D eigenvalue weighted by atomic mass is 10.2. The van der Waals surface area contributed by atoms with Crippen molar-refractivity contribution in [1.29, 1.82) is 0 Å². The Morgan fingerprint density at radius 1 is 0.636 bits per heavy atom. The lowest BCUT2D eigenvalue weighted by Gasteiger charge is -2.39. The Morgan fingerprint density at radius 3 is 1.55 bits per heavy atom. The Bertz CT molecular complexity index is 1310. The summed E-state index contributed by atoms with van der Waals surface area (Å²) in [4.78, 5) is -0.357. The van der Waals surface area contributed by atoms with Crippen LogP contribution in [0.25, 0.3) is 0 Å². The average Bonchev–Trinajstić information content (AvgIpc) is 2.79. The van der Waals surface area contributed by atoms with Crippen LogP contribution in [0.15, 0.2) is 117 Å². The molecule has 0 spiro atoms. The topological polar surface area (TPSA) is 43.4 Å². The highest BCUT2D eigenvalue weighted by molar-refractivity contribution is 8.33. The van der Waals surface area contributed by atoms with E-state index in [1.807, 2.05) is 0 Å². The molecule has 4 aromatic rings. The lowest BCUT2D eigenvalue weighted by molar-refractivity contribution is 0.487. The molecule has 0 amide bonds. The minimum Gasteiger partial charge on any atom is -0.207 e. The molecule has 0 aromatic heterocycles. The Balaban J connectivity index is 2.08. The fourth-order valence-corrected chi connectivity index (χ4v) is 8.64. The molecule has 0 aliphatic rings. The molecular formula is C25H19F3O3S2. The van der Waals surface area contributed by atoms with Crippen molar-refractivity contribution >= 4 is 20.4 Å². The lowest BCUT2D eigenvalue weighted by Crippen LogP contribution is -2.17. The van der Waals surface area contributed by atoms with Gasteiger partial charge in [0.25, 0.3) is 0 Å². The van der Waals surface area contributed by atoms with Crippen LogP contribution in [0.4, 0.5) is 13.2 Å². The van der Waals surface area contributed by atoms with E-state index in [4.69, 9.17) is 3.63 Å². The zero-order valence-electron chi connectivity index (χ0n) is 17.4. The van der Waals surface area contributed by atoms with Crippen molar-refractivity contribution in [1.82, 2.24) is 0 Å². The molecule has 0 N–H and O–H groups in total. The number of hydrogen-bond acceptors (Lipinski definition) is 3. The van der Waals surface area contributed by atoms with E-state index in [-0.39, 0.29) is 14.7 Å². The SMILES string of the molecule is Cc1ccc(S(=O)(=O)OS(c2ccccc2)(c2ccccc2)c2c(F)cc(F)cc2F)cc1. The van der Waals surface area contributed by atoms with E-state index >= 15 is 8.78 Å². The van der Waals surface area contributed by atoms with Gasteiger partial charge in [-0.05, 0) is 53.6 Å². The van der Waals surface area contributed by atoms with E-state index < -0.39 is 42.8 Å². The minimum absolute atomic E-state index is 0.167. The third-order valence-corrected chi connectivity index (χ3v) is 10.1. The molecule has 4 aromatic carbocycles. The summed E-state index contributed by atoms with van der Waals surface area (Å²) < 4.78 is 77.1. The van der Waals surface area contributed by atoms with Gasteiger partial charge in [-0.15, -0.1) is 0 Å². The van der Waals surface area contributed by atoms with Gasteiger partial charge in [-0.25, -0.2) is 16.8 Å². The largest absolute Gasteiger partial charge is 0.307 e. The van der Waals surface area contributed by atoms with Crippen LogP contribution in [0, 0.1) is 24.4 Å². The molecule has 0 atom stereocenters. The minimum atomic E-state index is -4.51. The van der Waals surface area contributed by atoms with Crippen LogP contribution in [0.3, 0.4) is 0 Å². The quantitative estimate of drug-likeness (QED) is 0.293. The van der Waals surface area contributed by atoms with Crippen LogP contribution in [0.1, 0.15) is 5.56 Å². The van der Waals surface area contributed by atoms with Crippen molar-refractivity contribution in [2.24, 2.45) is 0 Å². The van der Waals surface area contributed by atoms with E-state index in [1.165, 1.54) is 36.4 Å². The molecular weight excluding hydrogens is 469 g/mol. The summed E-state index contributed by atoms with van der Waals surface area (Å²) in [6.07, 6.45) is 0. The van der Waals surface area contributed by atoms with Gasteiger partial charge in [0, 0.05) is 21.9 Å². The van der Waals surface area contributed by atoms with Crippen LogP contribution in [0.2, 0.25) is 0 Å².